The van der Waals surface area contributed by atoms with E-state index in [0.29, 0.717) is 0 Å². The van der Waals surface area contributed by atoms with Gasteiger partial charge in [0.15, 0.2) is 0 Å². The van der Waals surface area contributed by atoms with Crippen molar-refractivity contribution in [2.45, 2.75) is 12.8 Å². The largest absolute Gasteiger partial charge is 0.374 e. The van der Waals surface area contributed by atoms with Crippen molar-refractivity contribution in [3.05, 3.63) is 42.2 Å². The van der Waals surface area contributed by atoms with Crippen LogP contribution in [0.5, 0.6) is 0 Å². The number of aromatic amines is 1. The molecule has 0 saturated carbocycles. The Labute approximate surface area is 117 Å². The third-order valence-corrected chi connectivity index (χ3v) is 3.99. The minimum atomic E-state index is 0.912. The summed E-state index contributed by atoms with van der Waals surface area (Å²) in [7, 11) is 2.16. The predicted molar refractivity (Wildman–Crippen MR) is 80.9 cm³/mol. The van der Waals surface area contributed by atoms with Crippen LogP contribution in [0.4, 0.5) is 5.69 Å². The molecule has 100 valence electrons. The van der Waals surface area contributed by atoms with E-state index in [9.17, 15) is 0 Å². The molecule has 3 heterocycles. The molecule has 0 radical (unpaired) electrons. The summed E-state index contributed by atoms with van der Waals surface area (Å²) in [5.74, 6) is 0.912. The van der Waals surface area contributed by atoms with Gasteiger partial charge in [0.25, 0.3) is 0 Å². The third kappa shape index (κ3) is 1.76. The number of fused-ring (bicyclic) bond motifs is 2. The van der Waals surface area contributed by atoms with E-state index in [2.05, 4.69) is 45.1 Å². The second kappa shape index (κ2) is 4.34. The number of pyridine rings is 1. The number of aryl methyl sites for hydroxylation is 1. The lowest BCUT2D eigenvalue weighted by atomic mass is 10.00. The van der Waals surface area contributed by atoms with Crippen LogP contribution in [-0.4, -0.2) is 28.5 Å². The van der Waals surface area contributed by atoms with Crippen molar-refractivity contribution in [1.29, 1.82) is 0 Å². The van der Waals surface area contributed by atoms with Gasteiger partial charge in [-0.3, -0.25) is 4.98 Å². The summed E-state index contributed by atoms with van der Waals surface area (Å²) < 4.78 is 0. The summed E-state index contributed by atoms with van der Waals surface area (Å²) in [5, 5.41) is 0. The highest BCUT2D eigenvalue weighted by Gasteiger charge is 2.15. The van der Waals surface area contributed by atoms with E-state index >= 15 is 0 Å². The molecule has 3 aromatic rings. The van der Waals surface area contributed by atoms with Crippen molar-refractivity contribution in [2.24, 2.45) is 0 Å². The first-order valence-corrected chi connectivity index (χ1v) is 6.95. The normalized spacial score (nSPS) is 14.6. The fourth-order valence-corrected chi connectivity index (χ4v) is 2.90. The van der Waals surface area contributed by atoms with Gasteiger partial charge in [0, 0.05) is 31.0 Å². The topological polar surface area (TPSA) is 44.8 Å². The summed E-state index contributed by atoms with van der Waals surface area (Å²) in [5.41, 5.74) is 5.83. The summed E-state index contributed by atoms with van der Waals surface area (Å²) >= 11 is 0. The second-order valence-electron chi connectivity index (χ2n) is 5.35. The Hall–Kier alpha value is -2.36. The Balaban J connectivity index is 1.83. The maximum absolute atomic E-state index is 4.64. The average Bonchev–Trinajstić information content (AvgIpc) is 2.91. The molecule has 0 saturated heterocycles. The Morgan fingerprint density at radius 3 is 3.10 bits per heavy atom. The highest BCUT2D eigenvalue weighted by Crippen LogP contribution is 2.30. The predicted octanol–water partition coefficient (Wildman–Crippen LogP) is 3.01. The maximum Gasteiger partial charge on any atom is 0.138 e. The number of hydrogen-bond acceptors (Lipinski definition) is 3. The van der Waals surface area contributed by atoms with Crippen molar-refractivity contribution in [3.63, 3.8) is 0 Å². The van der Waals surface area contributed by atoms with E-state index in [1.54, 1.807) is 6.20 Å². The molecule has 4 heteroatoms. The molecule has 1 aromatic carbocycles. The van der Waals surface area contributed by atoms with Gasteiger partial charge in [0.2, 0.25) is 0 Å². The van der Waals surface area contributed by atoms with Crippen LogP contribution in [0.15, 0.2) is 36.7 Å². The van der Waals surface area contributed by atoms with Crippen LogP contribution in [0, 0.1) is 0 Å². The molecular formula is C16H16N4. The molecule has 0 aliphatic carbocycles. The number of H-pyrrole nitrogens is 1. The van der Waals surface area contributed by atoms with Gasteiger partial charge in [-0.2, -0.15) is 0 Å². The molecule has 0 bridgehead atoms. The fraction of sp³-hybridized carbons (Fsp3) is 0.250. The minimum absolute atomic E-state index is 0.912. The number of benzene rings is 1. The highest BCUT2D eigenvalue weighted by molar-refractivity contribution is 5.79. The number of rotatable bonds is 1. The Morgan fingerprint density at radius 1 is 1.25 bits per heavy atom. The fourth-order valence-electron chi connectivity index (χ4n) is 2.90. The molecule has 0 amide bonds. The van der Waals surface area contributed by atoms with E-state index < -0.39 is 0 Å². The van der Waals surface area contributed by atoms with Gasteiger partial charge in [0.05, 0.1) is 17.2 Å². The third-order valence-electron chi connectivity index (χ3n) is 3.99. The number of anilines is 1. The van der Waals surface area contributed by atoms with Gasteiger partial charge < -0.3 is 9.88 Å². The quantitative estimate of drug-likeness (QED) is 0.735. The summed E-state index contributed by atoms with van der Waals surface area (Å²) in [6.45, 7) is 1.13. The van der Waals surface area contributed by atoms with Crippen LogP contribution < -0.4 is 4.90 Å². The molecule has 0 atom stereocenters. The standard InChI is InChI=1S/C16H16N4/c1-20-8-2-3-11-4-5-12(9-15(11)20)16-18-13-6-7-17-10-14(13)19-16/h4-7,9-10H,2-3,8H2,1H3,(H,18,19). The van der Waals surface area contributed by atoms with Gasteiger partial charge in [-0.1, -0.05) is 12.1 Å². The van der Waals surface area contributed by atoms with Crippen LogP contribution in [0.2, 0.25) is 0 Å². The molecule has 1 aliphatic rings. The zero-order chi connectivity index (χ0) is 13.5. The van der Waals surface area contributed by atoms with E-state index in [1.807, 2.05) is 12.3 Å². The summed E-state index contributed by atoms with van der Waals surface area (Å²) in [6, 6.07) is 8.55. The first-order chi connectivity index (χ1) is 9.81. The highest BCUT2D eigenvalue weighted by atomic mass is 15.1. The minimum Gasteiger partial charge on any atom is -0.374 e. The first-order valence-electron chi connectivity index (χ1n) is 6.95. The van der Waals surface area contributed by atoms with Crippen molar-refractivity contribution >= 4 is 16.7 Å². The van der Waals surface area contributed by atoms with Crippen molar-refractivity contribution < 1.29 is 0 Å². The monoisotopic (exact) mass is 264 g/mol. The van der Waals surface area contributed by atoms with Crippen molar-refractivity contribution in [2.75, 3.05) is 18.5 Å². The molecule has 1 N–H and O–H groups in total. The van der Waals surface area contributed by atoms with Crippen LogP contribution in [-0.2, 0) is 6.42 Å². The Morgan fingerprint density at radius 2 is 2.20 bits per heavy atom. The lowest BCUT2D eigenvalue weighted by Gasteiger charge is -2.27. The van der Waals surface area contributed by atoms with Crippen molar-refractivity contribution in [3.8, 4) is 11.4 Å². The average molecular weight is 264 g/mol. The lowest BCUT2D eigenvalue weighted by Crippen LogP contribution is -2.24. The number of nitrogens with zero attached hydrogens (tertiary/aromatic N) is 3. The maximum atomic E-state index is 4.64. The number of hydrogen-bond donors (Lipinski definition) is 1. The van der Waals surface area contributed by atoms with Gasteiger partial charge in [-0.05, 0) is 30.5 Å². The SMILES string of the molecule is CN1CCCc2ccc(-c3nc4ccncc4[nH]3)cc21. The van der Waals surface area contributed by atoms with E-state index in [-0.39, 0.29) is 0 Å². The zero-order valence-electron chi connectivity index (χ0n) is 11.4. The van der Waals surface area contributed by atoms with Gasteiger partial charge in [-0.25, -0.2) is 4.98 Å². The van der Waals surface area contributed by atoms with Gasteiger partial charge >= 0.3 is 0 Å². The molecule has 4 nitrogen and oxygen atoms in total. The Kier molecular flexibility index (Phi) is 2.49. The number of nitrogens with one attached hydrogen (secondary N) is 1. The molecule has 0 fully saturated rings. The number of imidazole rings is 1. The molecule has 4 rings (SSSR count). The molecule has 2 aromatic heterocycles. The van der Waals surface area contributed by atoms with E-state index in [4.69, 9.17) is 0 Å². The molecule has 0 unspecified atom stereocenters. The van der Waals surface area contributed by atoms with Crippen LogP contribution in [0.1, 0.15) is 12.0 Å². The first kappa shape index (κ1) is 11.5. The number of aromatic nitrogens is 3. The van der Waals surface area contributed by atoms with E-state index in [1.165, 1.54) is 24.1 Å². The van der Waals surface area contributed by atoms with Crippen LogP contribution in [0.25, 0.3) is 22.4 Å². The molecular weight excluding hydrogens is 248 g/mol. The zero-order valence-corrected chi connectivity index (χ0v) is 11.4. The van der Waals surface area contributed by atoms with Gasteiger partial charge in [0.1, 0.15) is 5.82 Å². The molecule has 20 heavy (non-hydrogen) atoms. The Bertz CT molecular complexity index is 742. The summed E-state index contributed by atoms with van der Waals surface area (Å²) in [4.78, 5) is 14.4. The van der Waals surface area contributed by atoms with Gasteiger partial charge in [-0.15, -0.1) is 0 Å². The smallest absolute Gasteiger partial charge is 0.138 e. The molecule has 1 aliphatic heterocycles. The summed E-state index contributed by atoms with van der Waals surface area (Å²) in [6.07, 6.45) is 5.99. The second-order valence-corrected chi connectivity index (χ2v) is 5.35. The van der Waals surface area contributed by atoms with Crippen LogP contribution >= 0.6 is 0 Å². The molecule has 0 spiro atoms. The van der Waals surface area contributed by atoms with Crippen LogP contribution in [0.3, 0.4) is 0 Å². The van der Waals surface area contributed by atoms with Crippen molar-refractivity contribution in [1.82, 2.24) is 15.0 Å². The van der Waals surface area contributed by atoms with E-state index in [0.717, 1.165) is 29.0 Å². The lowest BCUT2D eigenvalue weighted by molar-refractivity contribution is 0.744.